The van der Waals surface area contributed by atoms with Crippen LogP contribution in [0.4, 0.5) is 10.2 Å². The minimum Gasteiger partial charge on any atom is -0.365 e. The van der Waals surface area contributed by atoms with E-state index in [9.17, 15) is 14.0 Å². The van der Waals surface area contributed by atoms with Crippen molar-refractivity contribution in [3.63, 3.8) is 0 Å². The lowest BCUT2D eigenvalue weighted by atomic mass is 9.86. The largest absolute Gasteiger partial charge is 0.365 e. The number of hydrogen-bond donors (Lipinski definition) is 3. The Morgan fingerprint density at radius 1 is 1.29 bits per heavy atom. The Hall–Kier alpha value is -2.84. The summed E-state index contributed by atoms with van der Waals surface area (Å²) in [4.78, 5) is 31.4. The zero-order valence-corrected chi connectivity index (χ0v) is 13.3. The molecule has 2 heterocycles. The molecule has 1 aliphatic carbocycles. The fraction of sp³-hybridized carbons (Fsp3) is 0.400. The third-order valence-electron chi connectivity index (χ3n) is 3.92. The van der Waals surface area contributed by atoms with Crippen molar-refractivity contribution >= 4 is 11.7 Å². The summed E-state index contributed by atoms with van der Waals surface area (Å²) in [6, 6.07) is 1.24. The Morgan fingerprint density at radius 2 is 2.04 bits per heavy atom. The number of hydrogen-bond acceptors (Lipinski definition) is 6. The van der Waals surface area contributed by atoms with E-state index in [1.54, 1.807) is 13.8 Å². The van der Waals surface area contributed by atoms with E-state index in [0.29, 0.717) is 18.5 Å². The highest BCUT2D eigenvalue weighted by Gasteiger charge is 2.32. The molecule has 1 fully saturated rings. The summed E-state index contributed by atoms with van der Waals surface area (Å²) in [5.74, 6) is -0.821. The summed E-state index contributed by atoms with van der Waals surface area (Å²) in [5.41, 5.74) is 0.290. The molecule has 1 amide bonds. The monoisotopic (exact) mass is 332 g/mol. The van der Waals surface area contributed by atoms with E-state index in [-0.39, 0.29) is 29.3 Å². The molecule has 2 aromatic heterocycles. The zero-order chi connectivity index (χ0) is 17.3. The Labute approximate surface area is 136 Å². The van der Waals surface area contributed by atoms with Crippen LogP contribution in [-0.4, -0.2) is 38.2 Å². The third kappa shape index (κ3) is 3.24. The quantitative estimate of drug-likeness (QED) is 0.759. The van der Waals surface area contributed by atoms with Crippen molar-refractivity contribution in [1.82, 2.24) is 25.5 Å². The number of H-pyrrole nitrogens is 1. The topological polar surface area (TPSA) is 113 Å². The molecule has 0 unspecified atom stereocenters. The average Bonchev–Trinajstić information content (AvgIpc) is 2.49. The smallest absolute Gasteiger partial charge is 0.276 e. The van der Waals surface area contributed by atoms with E-state index in [0.717, 1.165) is 0 Å². The van der Waals surface area contributed by atoms with Gasteiger partial charge >= 0.3 is 0 Å². The van der Waals surface area contributed by atoms with Crippen LogP contribution in [0.2, 0.25) is 0 Å². The van der Waals surface area contributed by atoms with Crippen LogP contribution in [-0.2, 0) is 0 Å². The fourth-order valence-electron chi connectivity index (χ4n) is 2.52. The molecule has 1 saturated carbocycles. The lowest BCUT2D eigenvalue weighted by Gasteiger charge is -2.36. The molecular formula is C15H17FN6O2. The van der Waals surface area contributed by atoms with Crippen LogP contribution in [0.3, 0.4) is 0 Å². The Balaban J connectivity index is 1.54. The third-order valence-corrected chi connectivity index (χ3v) is 3.92. The van der Waals surface area contributed by atoms with Gasteiger partial charge in [-0.3, -0.25) is 14.7 Å². The SMILES string of the molecule is Cc1cc(=O)c(C(=O)NC2CC(Nc3ncnc(C)c3F)C2)n[nH]1. The van der Waals surface area contributed by atoms with Crippen molar-refractivity contribution in [3.05, 3.63) is 45.5 Å². The lowest BCUT2D eigenvalue weighted by Crippen LogP contribution is -2.50. The summed E-state index contributed by atoms with van der Waals surface area (Å²) >= 11 is 0. The lowest BCUT2D eigenvalue weighted by molar-refractivity contribution is 0.0905. The minimum atomic E-state index is -0.510. The number of amides is 1. The first kappa shape index (κ1) is 16.0. The standard InChI is InChI=1S/C15H17FN6O2/c1-7-3-11(23)13(22-21-7)15(24)20-10-4-9(5-10)19-14-12(16)8(2)17-6-18-14/h3,6,9-10H,4-5H2,1-2H3,(H,20,24)(H,21,23)(H,17,18,19). The van der Waals surface area contributed by atoms with Gasteiger partial charge in [-0.05, 0) is 26.7 Å². The van der Waals surface area contributed by atoms with Gasteiger partial charge in [0.05, 0.1) is 5.69 Å². The van der Waals surface area contributed by atoms with Crippen molar-refractivity contribution in [3.8, 4) is 0 Å². The first-order valence-corrected chi connectivity index (χ1v) is 7.55. The highest BCUT2D eigenvalue weighted by atomic mass is 19.1. The Bertz CT molecular complexity index is 831. The maximum absolute atomic E-state index is 13.8. The van der Waals surface area contributed by atoms with Crippen LogP contribution >= 0.6 is 0 Å². The van der Waals surface area contributed by atoms with Gasteiger partial charge in [0.2, 0.25) is 5.43 Å². The number of nitrogens with zero attached hydrogens (tertiary/aromatic N) is 3. The molecule has 0 spiro atoms. The normalized spacial score (nSPS) is 19.5. The van der Waals surface area contributed by atoms with Crippen molar-refractivity contribution in [2.24, 2.45) is 0 Å². The number of halogens is 1. The van der Waals surface area contributed by atoms with Gasteiger partial charge in [0.15, 0.2) is 17.3 Å². The first-order chi connectivity index (χ1) is 11.4. The summed E-state index contributed by atoms with van der Waals surface area (Å²) in [6.45, 7) is 3.25. The molecule has 9 heteroatoms. The average molecular weight is 332 g/mol. The minimum absolute atomic E-state index is 0.00311. The van der Waals surface area contributed by atoms with E-state index in [1.807, 2.05) is 0 Å². The second-order valence-corrected chi connectivity index (χ2v) is 5.87. The molecule has 3 N–H and O–H groups in total. The second-order valence-electron chi connectivity index (χ2n) is 5.87. The maximum atomic E-state index is 13.8. The second kappa shape index (κ2) is 6.34. The van der Waals surface area contributed by atoms with Crippen LogP contribution in [0.25, 0.3) is 0 Å². The Kier molecular flexibility index (Phi) is 4.24. The molecule has 0 saturated heterocycles. The van der Waals surface area contributed by atoms with E-state index in [1.165, 1.54) is 12.4 Å². The molecule has 0 bridgehead atoms. The van der Waals surface area contributed by atoms with Gasteiger partial charge in [0.1, 0.15) is 6.33 Å². The van der Waals surface area contributed by atoms with Gasteiger partial charge in [-0.1, -0.05) is 0 Å². The summed E-state index contributed by atoms with van der Waals surface area (Å²) in [5, 5.41) is 12.1. The number of nitrogens with one attached hydrogen (secondary N) is 3. The molecule has 0 aliphatic heterocycles. The van der Waals surface area contributed by atoms with Crippen molar-refractivity contribution in [2.45, 2.75) is 38.8 Å². The molecule has 1 aliphatic rings. The molecule has 0 radical (unpaired) electrons. The van der Waals surface area contributed by atoms with Crippen LogP contribution in [0, 0.1) is 19.7 Å². The molecule has 8 nitrogen and oxygen atoms in total. The first-order valence-electron chi connectivity index (χ1n) is 7.55. The summed E-state index contributed by atoms with van der Waals surface area (Å²) in [6.07, 6.45) is 2.52. The molecule has 0 aromatic carbocycles. The van der Waals surface area contributed by atoms with E-state index in [2.05, 4.69) is 30.8 Å². The van der Waals surface area contributed by atoms with Gasteiger partial charge in [-0.15, -0.1) is 0 Å². The molecule has 0 atom stereocenters. The maximum Gasteiger partial charge on any atom is 0.276 e. The van der Waals surface area contributed by atoms with Gasteiger partial charge in [0, 0.05) is 23.8 Å². The van der Waals surface area contributed by atoms with Crippen LogP contribution < -0.4 is 16.1 Å². The number of aryl methyl sites for hydroxylation is 2. The molecule has 24 heavy (non-hydrogen) atoms. The van der Waals surface area contributed by atoms with Gasteiger partial charge < -0.3 is 10.6 Å². The summed E-state index contributed by atoms with van der Waals surface area (Å²) in [7, 11) is 0. The molecular weight excluding hydrogens is 315 g/mol. The zero-order valence-electron chi connectivity index (χ0n) is 13.3. The highest BCUT2D eigenvalue weighted by Crippen LogP contribution is 2.25. The molecule has 126 valence electrons. The van der Waals surface area contributed by atoms with E-state index >= 15 is 0 Å². The number of rotatable bonds is 4. The number of anilines is 1. The van der Waals surface area contributed by atoms with Crippen molar-refractivity contribution < 1.29 is 9.18 Å². The number of carbonyl (C=O) groups excluding carboxylic acids is 1. The number of aromatic amines is 1. The summed E-state index contributed by atoms with van der Waals surface area (Å²) < 4.78 is 13.8. The van der Waals surface area contributed by atoms with Crippen LogP contribution in [0.1, 0.15) is 34.7 Å². The van der Waals surface area contributed by atoms with E-state index in [4.69, 9.17) is 0 Å². The van der Waals surface area contributed by atoms with Crippen molar-refractivity contribution in [1.29, 1.82) is 0 Å². The van der Waals surface area contributed by atoms with Crippen LogP contribution in [0.15, 0.2) is 17.2 Å². The fourth-order valence-corrected chi connectivity index (χ4v) is 2.52. The number of aromatic nitrogens is 4. The molecule has 3 rings (SSSR count). The Morgan fingerprint density at radius 3 is 2.75 bits per heavy atom. The highest BCUT2D eigenvalue weighted by molar-refractivity contribution is 5.92. The number of carbonyl (C=O) groups is 1. The van der Waals surface area contributed by atoms with Crippen molar-refractivity contribution in [2.75, 3.05) is 5.32 Å². The molecule has 2 aromatic rings. The predicted octanol–water partition coefficient (Wildman–Crippen LogP) is 0.689. The van der Waals surface area contributed by atoms with Gasteiger partial charge in [0.25, 0.3) is 5.91 Å². The van der Waals surface area contributed by atoms with Crippen LogP contribution in [0.5, 0.6) is 0 Å². The van der Waals surface area contributed by atoms with E-state index < -0.39 is 17.2 Å². The van der Waals surface area contributed by atoms with Gasteiger partial charge in [-0.25, -0.2) is 14.4 Å². The predicted molar refractivity (Wildman–Crippen MR) is 84.2 cm³/mol. The van der Waals surface area contributed by atoms with Gasteiger partial charge in [-0.2, -0.15) is 5.10 Å².